The summed E-state index contributed by atoms with van der Waals surface area (Å²) in [5, 5.41) is 12.5. The Balaban J connectivity index is 2.50. The fourth-order valence-electron chi connectivity index (χ4n) is 1.34. The first-order valence-electron chi connectivity index (χ1n) is 5.56. The highest BCUT2D eigenvalue weighted by molar-refractivity contribution is 6.33. The summed E-state index contributed by atoms with van der Waals surface area (Å²) in [5.41, 5.74) is 6.46. The van der Waals surface area contributed by atoms with E-state index in [4.69, 9.17) is 17.3 Å². The quantitative estimate of drug-likeness (QED) is 0.704. The Kier molecular flexibility index (Phi) is 5.25. The van der Waals surface area contributed by atoms with Gasteiger partial charge < -0.3 is 16.2 Å². The molecular weight excluding hydrogens is 240 g/mol. The second kappa shape index (κ2) is 6.47. The van der Waals surface area contributed by atoms with E-state index < -0.39 is 0 Å². The Morgan fingerprint density at radius 3 is 2.88 bits per heavy atom. The van der Waals surface area contributed by atoms with Crippen molar-refractivity contribution < 1.29 is 9.90 Å². The van der Waals surface area contributed by atoms with Crippen LogP contribution < -0.4 is 11.1 Å². The van der Waals surface area contributed by atoms with Gasteiger partial charge in [0, 0.05) is 12.1 Å². The average Bonchev–Trinajstić information content (AvgIpc) is 2.32. The molecule has 0 fully saturated rings. The highest BCUT2D eigenvalue weighted by Crippen LogP contribution is 2.19. The fraction of sp³-hybridized carbons (Fsp3) is 0.417. The Morgan fingerprint density at radius 2 is 2.29 bits per heavy atom. The van der Waals surface area contributed by atoms with Gasteiger partial charge in [-0.1, -0.05) is 18.5 Å². The lowest BCUT2D eigenvalue weighted by Crippen LogP contribution is -2.27. The minimum Gasteiger partial charge on any atom is -0.398 e. The Bertz CT molecular complexity index is 396. The predicted octanol–water partition coefficient (Wildman–Crippen LogP) is 1.81. The van der Waals surface area contributed by atoms with E-state index in [-0.39, 0.29) is 12.0 Å². The number of nitrogens with one attached hydrogen (secondary N) is 1. The van der Waals surface area contributed by atoms with E-state index in [1.54, 1.807) is 12.1 Å². The molecule has 1 aromatic carbocycles. The number of anilines is 1. The van der Waals surface area contributed by atoms with Crippen LogP contribution in [0.3, 0.4) is 0 Å². The standard InChI is InChI=1S/C12H17ClN2O2/c1-2-9(16)5-6-15-12(17)8-3-4-10(13)11(14)7-8/h3-4,7,9,16H,2,5-6,14H2,1H3,(H,15,17). The number of aliphatic hydroxyl groups is 1. The van der Waals surface area contributed by atoms with Gasteiger partial charge in [-0.2, -0.15) is 0 Å². The second-order valence-electron chi connectivity index (χ2n) is 3.84. The minimum absolute atomic E-state index is 0.211. The van der Waals surface area contributed by atoms with E-state index >= 15 is 0 Å². The van der Waals surface area contributed by atoms with E-state index in [0.29, 0.717) is 35.7 Å². The van der Waals surface area contributed by atoms with Crippen molar-refractivity contribution in [3.8, 4) is 0 Å². The third-order valence-corrected chi connectivity index (χ3v) is 2.84. The maximum absolute atomic E-state index is 11.7. The van der Waals surface area contributed by atoms with E-state index in [1.807, 2.05) is 6.92 Å². The first-order chi connectivity index (χ1) is 8.04. The summed E-state index contributed by atoms with van der Waals surface area (Å²) in [6.45, 7) is 2.34. The second-order valence-corrected chi connectivity index (χ2v) is 4.25. The van der Waals surface area contributed by atoms with Crippen LogP contribution in [-0.4, -0.2) is 23.7 Å². The van der Waals surface area contributed by atoms with E-state index in [0.717, 1.165) is 0 Å². The van der Waals surface area contributed by atoms with Crippen molar-refractivity contribution in [2.24, 2.45) is 0 Å². The summed E-state index contributed by atoms with van der Waals surface area (Å²) in [4.78, 5) is 11.7. The molecule has 5 heteroatoms. The highest BCUT2D eigenvalue weighted by Gasteiger charge is 2.08. The van der Waals surface area contributed by atoms with Crippen LogP contribution in [0.25, 0.3) is 0 Å². The SMILES string of the molecule is CCC(O)CCNC(=O)c1ccc(Cl)c(N)c1. The molecule has 0 aliphatic carbocycles. The van der Waals surface area contributed by atoms with Crippen LogP contribution in [0.1, 0.15) is 30.1 Å². The van der Waals surface area contributed by atoms with Gasteiger partial charge in [0.05, 0.1) is 16.8 Å². The molecule has 94 valence electrons. The van der Waals surface area contributed by atoms with Gasteiger partial charge >= 0.3 is 0 Å². The molecule has 1 aromatic rings. The molecule has 1 unspecified atom stereocenters. The highest BCUT2D eigenvalue weighted by atomic mass is 35.5. The molecule has 0 saturated heterocycles. The number of nitrogens with two attached hydrogens (primary N) is 1. The van der Waals surface area contributed by atoms with Gasteiger partial charge in [0.25, 0.3) is 5.91 Å². The largest absolute Gasteiger partial charge is 0.398 e. The van der Waals surface area contributed by atoms with Gasteiger partial charge in [0.15, 0.2) is 0 Å². The molecule has 1 atom stereocenters. The number of amides is 1. The number of rotatable bonds is 5. The zero-order chi connectivity index (χ0) is 12.8. The third-order valence-electron chi connectivity index (χ3n) is 2.49. The lowest BCUT2D eigenvalue weighted by atomic mass is 10.1. The number of hydrogen-bond acceptors (Lipinski definition) is 3. The van der Waals surface area contributed by atoms with E-state index in [1.165, 1.54) is 6.07 Å². The molecule has 0 aliphatic heterocycles. The molecule has 0 saturated carbocycles. The smallest absolute Gasteiger partial charge is 0.251 e. The minimum atomic E-state index is -0.370. The van der Waals surface area contributed by atoms with Crippen molar-refractivity contribution >= 4 is 23.2 Å². The summed E-state index contributed by atoms with van der Waals surface area (Å²) in [6, 6.07) is 4.74. The number of hydrogen-bond donors (Lipinski definition) is 3. The molecule has 0 aromatic heterocycles. The zero-order valence-electron chi connectivity index (χ0n) is 9.74. The monoisotopic (exact) mass is 256 g/mol. The van der Waals surface area contributed by atoms with Gasteiger partial charge in [-0.05, 0) is 31.0 Å². The van der Waals surface area contributed by atoms with Crippen LogP contribution in [0.2, 0.25) is 5.02 Å². The molecule has 17 heavy (non-hydrogen) atoms. The lowest BCUT2D eigenvalue weighted by Gasteiger charge is -2.09. The van der Waals surface area contributed by atoms with Crippen LogP contribution in [0, 0.1) is 0 Å². The van der Waals surface area contributed by atoms with Crippen molar-refractivity contribution in [1.29, 1.82) is 0 Å². The topological polar surface area (TPSA) is 75.3 Å². The van der Waals surface area contributed by atoms with Crippen molar-refractivity contribution in [2.45, 2.75) is 25.9 Å². The fourth-order valence-corrected chi connectivity index (χ4v) is 1.46. The first-order valence-corrected chi connectivity index (χ1v) is 5.93. The van der Waals surface area contributed by atoms with Gasteiger partial charge in [-0.25, -0.2) is 0 Å². The molecule has 0 spiro atoms. The molecule has 0 radical (unpaired) electrons. The number of halogens is 1. The lowest BCUT2D eigenvalue weighted by molar-refractivity contribution is 0.0942. The Morgan fingerprint density at radius 1 is 1.59 bits per heavy atom. The summed E-state index contributed by atoms with van der Waals surface area (Å²) >= 11 is 5.76. The summed E-state index contributed by atoms with van der Waals surface area (Å²) in [7, 11) is 0. The molecule has 4 nitrogen and oxygen atoms in total. The maximum atomic E-state index is 11.7. The normalized spacial score (nSPS) is 12.2. The van der Waals surface area contributed by atoms with Crippen molar-refractivity contribution in [3.05, 3.63) is 28.8 Å². The molecular formula is C12H17ClN2O2. The zero-order valence-corrected chi connectivity index (χ0v) is 10.5. The molecule has 0 aliphatic rings. The van der Waals surface area contributed by atoms with Crippen molar-refractivity contribution in [3.63, 3.8) is 0 Å². The number of aliphatic hydroxyl groups excluding tert-OH is 1. The molecule has 0 bridgehead atoms. The van der Waals surface area contributed by atoms with Crippen LogP contribution >= 0.6 is 11.6 Å². The molecule has 1 amide bonds. The van der Waals surface area contributed by atoms with Crippen LogP contribution in [0.4, 0.5) is 5.69 Å². The van der Waals surface area contributed by atoms with Crippen molar-refractivity contribution in [1.82, 2.24) is 5.32 Å². The molecule has 4 N–H and O–H groups in total. The van der Waals surface area contributed by atoms with Gasteiger partial charge in [-0.15, -0.1) is 0 Å². The van der Waals surface area contributed by atoms with E-state index in [9.17, 15) is 9.90 Å². The Labute approximate surface area is 106 Å². The maximum Gasteiger partial charge on any atom is 0.251 e. The molecule has 0 heterocycles. The van der Waals surface area contributed by atoms with Gasteiger partial charge in [0.1, 0.15) is 0 Å². The van der Waals surface area contributed by atoms with Gasteiger partial charge in [-0.3, -0.25) is 4.79 Å². The summed E-state index contributed by atoms with van der Waals surface area (Å²) in [5.74, 6) is -0.211. The third kappa shape index (κ3) is 4.24. The van der Waals surface area contributed by atoms with E-state index in [2.05, 4.69) is 5.32 Å². The number of nitrogen functional groups attached to an aromatic ring is 1. The first kappa shape index (κ1) is 13.8. The van der Waals surface area contributed by atoms with Gasteiger partial charge in [0.2, 0.25) is 0 Å². The summed E-state index contributed by atoms with van der Waals surface area (Å²) in [6.07, 6.45) is 0.861. The van der Waals surface area contributed by atoms with Crippen LogP contribution in [0.15, 0.2) is 18.2 Å². The van der Waals surface area contributed by atoms with Crippen LogP contribution in [0.5, 0.6) is 0 Å². The summed E-state index contributed by atoms with van der Waals surface area (Å²) < 4.78 is 0. The van der Waals surface area contributed by atoms with Crippen LogP contribution in [-0.2, 0) is 0 Å². The van der Waals surface area contributed by atoms with Crippen molar-refractivity contribution in [2.75, 3.05) is 12.3 Å². The average molecular weight is 257 g/mol. The molecule has 1 rings (SSSR count). The predicted molar refractivity (Wildman–Crippen MR) is 69.1 cm³/mol. The number of carbonyl (C=O) groups excluding carboxylic acids is 1. The number of benzene rings is 1. The number of carbonyl (C=O) groups is 1. The Hall–Kier alpha value is -1.26.